The lowest BCUT2D eigenvalue weighted by atomic mass is 10.1. The van der Waals surface area contributed by atoms with Gasteiger partial charge in [-0.15, -0.1) is 11.8 Å². The minimum absolute atomic E-state index is 0.0567. The van der Waals surface area contributed by atoms with Gasteiger partial charge in [0.15, 0.2) is 0 Å². The molecule has 0 spiro atoms. The van der Waals surface area contributed by atoms with Crippen LogP contribution in [0.4, 0.5) is 0 Å². The zero-order chi connectivity index (χ0) is 15.2. The van der Waals surface area contributed by atoms with Crippen molar-refractivity contribution in [2.45, 2.75) is 43.2 Å². The van der Waals surface area contributed by atoms with Crippen molar-refractivity contribution in [2.24, 2.45) is 0 Å². The van der Waals surface area contributed by atoms with Crippen LogP contribution in [0.2, 0.25) is 0 Å². The number of carbonyl (C=O) groups is 1. The molecule has 1 aromatic carbocycles. The highest BCUT2D eigenvalue weighted by Gasteiger charge is 2.27. The van der Waals surface area contributed by atoms with E-state index in [9.17, 15) is 4.79 Å². The number of thioether (sulfide) groups is 1. The number of hydrogen-bond acceptors (Lipinski definition) is 3. The van der Waals surface area contributed by atoms with Crippen LogP contribution < -0.4 is 0 Å². The summed E-state index contributed by atoms with van der Waals surface area (Å²) in [6.07, 6.45) is 6.68. The van der Waals surface area contributed by atoms with E-state index in [2.05, 4.69) is 42.5 Å². The molecule has 0 aromatic heterocycles. The van der Waals surface area contributed by atoms with E-state index in [4.69, 9.17) is 0 Å². The van der Waals surface area contributed by atoms with E-state index in [0.29, 0.717) is 6.54 Å². The summed E-state index contributed by atoms with van der Waals surface area (Å²) < 4.78 is 0. The van der Waals surface area contributed by atoms with Gasteiger partial charge in [0.25, 0.3) is 0 Å². The molecule has 0 radical (unpaired) electrons. The Morgan fingerprint density at radius 1 is 1.38 bits per heavy atom. The van der Waals surface area contributed by atoms with Crippen molar-refractivity contribution < 1.29 is 4.79 Å². The van der Waals surface area contributed by atoms with Crippen molar-refractivity contribution in [2.75, 3.05) is 26.9 Å². The van der Waals surface area contributed by atoms with E-state index in [1.165, 1.54) is 23.3 Å². The van der Waals surface area contributed by atoms with Crippen LogP contribution in [-0.4, -0.2) is 48.6 Å². The molecule has 21 heavy (non-hydrogen) atoms. The molecule has 1 amide bonds. The van der Waals surface area contributed by atoms with Gasteiger partial charge in [0, 0.05) is 18.5 Å². The molecule has 116 valence electrons. The van der Waals surface area contributed by atoms with Crippen LogP contribution in [-0.2, 0) is 11.3 Å². The fraction of sp³-hybridized carbons (Fsp3) is 0.588. The van der Waals surface area contributed by atoms with Gasteiger partial charge in [-0.2, -0.15) is 0 Å². The lowest BCUT2D eigenvalue weighted by molar-refractivity contribution is -0.135. The minimum atomic E-state index is 0.0567. The molecule has 4 heteroatoms. The number of amides is 1. The summed E-state index contributed by atoms with van der Waals surface area (Å²) in [5.41, 5.74) is 1.20. The predicted molar refractivity (Wildman–Crippen MR) is 89.6 cm³/mol. The first-order valence-corrected chi connectivity index (χ1v) is 8.92. The molecular weight excluding hydrogens is 280 g/mol. The first kappa shape index (κ1) is 16.4. The number of likely N-dealkylation sites (tertiary alicyclic amines) is 1. The first-order chi connectivity index (χ1) is 10.1. The Labute approximate surface area is 132 Å². The maximum atomic E-state index is 12.7. The van der Waals surface area contributed by atoms with Gasteiger partial charge < -0.3 is 4.90 Å². The summed E-state index contributed by atoms with van der Waals surface area (Å²) >= 11 is 1.74. The van der Waals surface area contributed by atoms with Crippen LogP contribution in [0.25, 0.3) is 0 Å². The zero-order valence-electron chi connectivity index (χ0n) is 13.3. The Hall–Kier alpha value is -1.00. The minimum Gasteiger partial charge on any atom is -0.340 e. The number of likely N-dealkylation sites (N-methyl/N-ethyl adjacent to an activating group) is 2. The van der Waals surface area contributed by atoms with Crippen molar-refractivity contribution in [3.63, 3.8) is 0 Å². The molecule has 0 unspecified atom stereocenters. The first-order valence-electron chi connectivity index (χ1n) is 7.70. The Morgan fingerprint density at radius 2 is 2.19 bits per heavy atom. The monoisotopic (exact) mass is 306 g/mol. The van der Waals surface area contributed by atoms with Gasteiger partial charge in [-0.3, -0.25) is 9.69 Å². The molecule has 1 saturated heterocycles. The average Bonchev–Trinajstić information content (AvgIpc) is 2.71. The highest BCUT2D eigenvalue weighted by atomic mass is 32.2. The number of benzene rings is 1. The van der Waals surface area contributed by atoms with E-state index < -0.39 is 0 Å². The van der Waals surface area contributed by atoms with E-state index in [-0.39, 0.29) is 11.9 Å². The maximum Gasteiger partial charge on any atom is 0.239 e. The largest absolute Gasteiger partial charge is 0.340 e. The van der Waals surface area contributed by atoms with Gasteiger partial charge in [-0.1, -0.05) is 25.0 Å². The average molecular weight is 306 g/mol. The Bertz CT molecular complexity index is 478. The van der Waals surface area contributed by atoms with E-state index in [0.717, 1.165) is 19.4 Å². The zero-order valence-corrected chi connectivity index (χ0v) is 14.2. The summed E-state index contributed by atoms with van der Waals surface area (Å²) in [4.78, 5) is 18.1. The second-order valence-electron chi connectivity index (χ2n) is 5.89. The normalized spacial score (nSPS) is 20.0. The van der Waals surface area contributed by atoms with Gasteiger partial charge in [0.05, 0.1) is 6.04 Å². The molecule has 2 rings (SSSR count). The topological polar surface area (TPSA) is 23.6 Å². The predicted octanol–water partition coefficient (Wildman–Crippen LogP) is 3.24. The molecule has 1 heterocycles. The second kappa shape index (κ2) is 7.85. The Balaban J connectivity index is 2.00. The van der Waals surface area contributed by atoms with Crippen LogP contribution in [0.1, 0.15) is 31.2 Å². The number of nitrogens with zero attached hydrogens (tertiary/aromatic N) is 2. The SMILES string of the molecule is CSc1cccc(CN(C)C(=O)[C@@H]2CCCCCN2C)c1. The molecular formula is C17H26N2OS. The van der Waals surface area contributed by atoms with Crippen molar-refractivity contribution in [1.29, 1.82) is 0 Å². The quantitative estimate of drug-likeness (QED) is 0.798. The molecule has 0 N–H and O–H groups in total. The summed E-state index contributed by atoms with van der Waals surface area (Å²) in [7, 11) is 4.00. The van der Waals surface area contributed by atoms with E-state index in [1.54, 1.807) is 11.8 Å². The summed E-state index contributed by atoms with van der Waals surface area (Å²) in [6.45, 7) is 1.73. The molecule has 3 nitrogen and oxygen atoms in total. The summed E-state index contributed by atoms with van der Waals surface area (Å²) in [6, 6.07) is 8.50. The standard InChI is InChI=1S/C17H26N2OS/c1-18-11-6-4-5-10-16(18)17(20)19(2)13-14-8-7-9-15(12-14)21-3/h7-9,12,16H,4-6,10-11,13H2,1-3H3/t16-/m0/s1. The van der Waals surface area contributed by atoms with Crippen molar-refractivity contribution >= 4 is 17.7 Å². The van der Waals surface area contributed by atoms with Crippen molar-refractivity contribution in [3.05, 3.63) is 29.8 Å². The summed E-state index contributed by atoms with van der Waals surface area (Å²) in [5, 5.41) is 0. The van der Waals surface area contributed by atoms with Gasteiger partial charge in [0.2, 0.25) is 5.91 Å². The highest BCUT2D eigenvalue weighted by molar-refractivity contribution is 7.98. The third-order valence-electron chi connectivity index (χ3n) is 4.24. The van der Waals surface area contributed by atoms with Crippen LogP contribution in [0.15, 0.2) is 29.2 Å². The maximum absolute atomic E-state index is 12.7. The Morgan fingerprint density at radius 3 is 2.95 bits per heavy atom. The number of carbonyl (C=O) groups excluding carboxylic acids is 1. The van der Waals surface area contributed by atoms with Gasteiger partial charge in [0.1, 0.15) is 0 Å². The smallest absolute Gasteiger partial charge is 0.239 e. The number of rotatable bonds is 4. The second-order valence-corrected chi connectivity index (χ2v) is 6.77. The highest BCUT2D eigenvalue weighted by Crippen LogP contribution is 2.19. The van der Waals surface area contributed by atoms with Gasteiger partial charge >= 0.3 is 0 Å². The molecule has 0 bridgehead atoms. The fourth-order valence-corrected chi connectivity index (χ4v) is 3.42. The molecule has 1 aromatic rings. The lowest BCUT2D eigenvalue weighted by Crippen LogP contribution is -2.45. The molecule has 0 saturated carbocycles. The van der Waals surface area contributed by atoms with Crippen molar-refractivity contribution in [3.8, 4) is 0 Å². The summed E-state index contributed by atoms with van der Waals surface area (Å²) in [5.74, 6) is 0.258. The fourth-order valence-electron chi connectivity index (χ4n) is 2.94. The molecule has 1 aliphatic heterocycles. The van der Waals surface area contributed by atoms with Crippen LogP contribution in [0.3, 0.4) is 0 Å². The lowest BCUT2D eigenvalue weighted by Gasteiger charge is -2.29. The third-order valence-corrected chi connectivity index (χ3v) is 4.96. The van der Waals surface area contributed by atoms with Crippen LogP contribution in [0.5, 0.6) is 0 Å². The van der Waals surface area contributed by atoms with Gasteiger partial charge in [-0.05, 0) is 50.4 Å². The van der Waals surface area contributed by atoms with Crippen molar-refractivity contribution in [1.82, 2.24) is 9.80 Å². The van der Waals surface area contributed by atoms with Gasteiger partial charge in [-0.25, -0.2) is 0 Å². The molecule has 1 aliphatic rings. The molecule has 0 aliphatic carbocycles. The van der Waals surface area contributed by atoms with E-state index >= 15 is 0 Å². The van der Waals surface area contributed by atoms with Crippen LogP contribution >= 0.6 is 11.8 Å². The number of hydrogen-bond donors (Lipinski definition) is 0. The van der Waals surface area contributed by atoms with Crippen LogP contribution in [0, 0.1) is 0 Å². The third kappa shape index (κ3) is 4.48. The molecule has 1 fully saturated rings. The molecule has 1 atom stereocenters. The van der Waals surface area contributed by atoms with E-state index in [1.807, 2.05) is 11.9 Å². The Kier molecular flexibility index (Phi) is 6.12.